The van der Waals surface area contributed by atoms with Crippen LogP contribution in [0.4, 0.5) is 0 Å². The van der Waals surface area contributed by atoms with Gasteiger partial charge in [-0.1, -0.05) is 18.2 Å². The number of halogens is 1. The summed E-state index contributed by atoms with van der Waals surface area (Å²) in [5.74, 6) is -0.281. The number of sulfonamides is 1. The lowest BCUT2D eigenvalue weighted by molar-refractivity contribution is -0.116. The second-order valence-electron chi connectivity index (χ2n) is 5.09. The average Bonchev–Trinajstić information content (AvgIpc) is 2.96. The minimum Gasteiger partial charge on any atom is -0.348 e. The van der Waals surface area contributed by atoms with E-state index in [2.05, 4.69) is 21.2 Å². The van der Waals surface area contributed by atoms with Gasteiger partial charge in [0.15, 0.2) is 0 Å². The van der Waals surface area contributed by atoms with Crippen molar-refractivity contribution in [1.29, 1.82) is 0 Å². The van der Waals surface area contributed by atoms with Crippen LogP contribution in [0.1, 0.15) is 10.4 Å². The Morgan fingerprint density at radius 3 is 2.58 bits per heavy atom. The van der Waals surface area contributed by atoms with Gasteiger partial charge >= 0.3 is 0 Å². The maximum Gasteiger partial charge on any atom is 0.244 e. The van der Waals surface area contributed by atoms with E-state index in [1.807, 2.05) is 12.1 Å². The van der Waals surface area contributed by atoms with Crippen molar-refractivity contribution in [1.82, 2.24) is 9.62 Å². The normalized spacial score (nSPS) is 12.0. The van der Waals surface area contributed by atoms with Gasteiger partial charge in [0.1, 0.15) is 0 Å². The molecule has 1 aromatic carbocycles. The van der Waals surface area contributed by atoms with Crippen molar-refractivity contribution in [3.05, 3.63) is 56.7 Å². The predicted octanol–water partition coefficient (Wildman–Crippen LogP) is 3.09. The first-order chi connectivity index (χ1) is 11.3. The summed E-state index contributed by atoms with van der Waals surface area (Å²) in [4.78, 5) is 13.1. The van der Waals surface area contributed by atoms with E-state index in [4.69, 9.17) is 0 Å². The number of amides is 1. The molecule has 0 bridgehead atoms. The van der Waals surface area contributed by atoms with Gasteiger partial charge in [0, 0.05) is 31.6 Å². The first-order valence-corrected chi connectivity index (χ1v) is 10.1. The minimum absolute atomic E-state index is 0.139. The molecule has 0 atom stereocenters. The third-order valence-corrected chi connectivity index (χ3v) is 6.68. The number of benzene rings is 1. The van der Waals surface area contributed by atoms with Gasteiger partial charge in [-0.25, -0.2) is 12.7 Å². The first kappa shape index (κ1) is 18.9. The molecule has 1 heterocycles. The van der Waals surface area contributed by atoms with Gasteiger partial charge in [-0.15, -0.1) is 11.3 Å². The number of hydrogen-bond donors (Lipinski definition) is 1. The summed E-state index contributed by atoms with van der Waals surface area (Å²) in [6.45, 7) is 0.139. The van der Waals surface area contributed by atoms with Crippen molar-refractivity contribution < 1.29 is 13.2 Å². The van der Waals surface area contributed by atoms with Crippen molar-refractivity contribution in [2.45, 2.75) is 11.4 Å². The van der Waals surface area contributed by atoms with E-state index in [1.165, 1.54) is 37.6 Å². The molecule has 8 heteroatoms. The third-order valence-electron chi connectivity index (χ3n) is 3.18. The predicted molar refractivity (Wildman–Crippen MR) is 100 cm³/mol. The Kier molecular flexibility index (Phi) is 6.34. The Bertz CT molecular complexity index is 858. The smallest absolute Gasteiger partial charge is 0.244 e. The van der Waals surface area contributed by atoms with Crippen molar-refractivity contribution in [3.63, 3.8) is 0 Å². The summed E-state index contributed by atoms with van der Waals surface area (Å²) in [6, 6.07) is 10.4. The van der Waals surface area contributed by atoms with E-state index in [9.17, 15) is 13.2 Å². The Balaban J connectivity index is 2.07. The molecule has 0 saturated carbocycles. The fourth-order valence-corrected chi connectivity index (χ4v) is 4.36. The van der Waals surface area contributed by atoms with Crippen LogP contribution in [0.15, 0.2) is 51.2 Å². The lowest BCUT2D eigenvalue weighted by Gasteiger charge is -2.15. The van der Waals surface area contributed by atoms with Gasteiger partial charge in [0.05, 0.1) is 8.68 Å². The summed E-state index contributed by atoms with van der Waals surface area (Å²) in [6.07, 6.45) is 3.15. The zero-order valence-corrected chi connectivity index (χ0v) is 16.4. The van der Waals surface area contributed by atoms with Gasteiger partial charge in [-0.05, 0) is 45.8 Å². The quantitative estimate of drug-likeness (QED) is 0.718. The second kappa shape index (κ2) is 8.06. The SMILES string of the molecule is CN(C)S(=O)(=O)c1ccccc1CNC(=O)/C=C/c1ccc(Br)s1. The van der Waals surface area contributed by atoms with E-state index < -0.39 is 10.0 Å². The molecule has 1 aromatic heterocycles. The largest absolute Gasteiger partial charge is 0.348 e. The highest BCUT2D eigenvalue weighted by Gasteiger charge is 2.20. The molecule has 1 N–H and O–H groups in total. The van der Waals surface area contributed by atoms with Crippen LogP contribution in [0.2, 0.25) is 0 Å². The zero-order chi connectivity index (χ0) is 17.7. The van der Waals surface area contributed by atoms with Gasteiger partial charge in [0.25, 0.3) is 0 Å². The molecule has 1 amide bonds. The van der Waals surface area contributed by atoms with Crippen molar-refractivity contribution >= 4 is 49.3 Å². The van der Waals surface area contributed by atoms with Crippen LogP contribution in [0.3, 0.4) is 0 Å². The molecule has 0 aliphatic heterocycles. The number of rotatable bonds is 6. The van der Waals surface area contributed by atoms with Crippen LogP contribution >= 0.6 is 27.3 Å². The Labute approximate surface area is 154 Å². The summed E-state index contributed by atoms with van der Waals surface area (Å²) < 4.78 is 26.8. The van der Waals surface area contributed by atoms with E-state index >= 15 is 0 Å². The van der Waals surface area contributed by atoms with Crippen LogP contribution < -0.4 is 5.32 Å². The molecule has 5 nitrogen and oxygen atoms in total. The first-order valence-electron chi connectivity index (χ1n) is 7.02. The highest BCUT2D eigenvalue weighted by Crippen LogP contribution is 2.23. The van der Waals surface area contributed by atoms with Crippen molar-refractivity contribution in [3.8, 4) is 0 Å². The molecular formula is C16H17BrN2O3S2. The summed E-state index contributed by atoms with van der Waals surface area (Å²) >= 11 is 4.88. The van der Waals surface area contributed by atoms with E-state index in [1.54, 1.807) is 24.3 Å². The lowest BCUT2D eigenvalue weighted by Crippen LogP contribution is -2.26. The highest BCUT2D eigenvalue weighted by molar-refractivity contribution is 9.11. The van der Waals surface area contributed by atoms with Crippen LogP contribution in [0.5, 0.6) is 0 Å². The summed E-state index contributed by atoms with van der Waals surface area (Å²) in [7, 11) is -0.590. The average molecular weight is 429 g/mol. The standard InChI is InChI=1S/C16H17BrN2O3S2/c1-19(2)24(21,22)14-6-4-3-5-12(14)11-18-16(20)10-8-13-7-9-15(17)23-13/h3-10H,11H2,1-2H3,(H,18,20)/b10-8+. The zero-order valence-electron chi connectivity index (χ0n) is 13.2. The number of carbonyl (C=O) groups is 1. The molecule has 128 valence electrons. The third kappa shape index (κ3) is 4.76. The second-order valence-corrected chi connectivity index (χ2v) is 9.70. The number of carbonyl (C=O) groups excluding carboxylic acids is 1. The molecule has 2 rings (SSSR count). The number of nitrogens with zero attached hydrogens (tertiary/aromatic N) is 1. The lowest BCUT2D eigenvalue weighted by atomic mass is 10.2. The maximum atomic E-state index is 12.3. The van der Waals surface area contributed by atoms with Crippen LogP contribution in [-0.2, 0) is 21.4 Å². The molecule has 2 aromatic rings. The Hall–Kier alpha value is -1.48. The number of hydrogen-bond acceptors (Lipinski definition) is 4. The fraction of sp³-hybridized carbons (Fsp3) is 0.188. The Morgan fingerprint density at radius 2 is 1.96 bits per heavy atom. The van der Waals surface area contributed by atoms with Crippen molar-refractivity contribution in [2.24, 2.45) is 0 Å². The van der Waals surface area contributed by atoms with Gasteiger partial charge in [0.2, 0.25) is 15.9 Å². The van der Waals surface area contributed by atoms with Gasteiger partial charge in [-0.2, -0.15) is 0 Å². The fourth-order valence-electron chi connectivity index (χ4n) is 1.92. The minimum atomic E-state index is -3.55. The summed E-state index contributed by atoms with van der Waals surface area (Å²) in [5.41, 5.74) is 0.548. The van der Waals surface area contributed by atoms with Gasteiger partial charge in [-0.3, -0.25) is 4.79 Å². The topological polar surface area (TPSA) is 66.5 Å². The number of nitrogens with one attached hydrogen (secondary N) is 1. The monoisotopic (exact) mass is 428 g/mol. The van der Waals surface area contributed by atoms with Crippen LogP contribution in [-0.4, -0.2) is 32.7 Å². The molecule has 0 fully saturated rings. The molecule has 0 aliphatic rings. The van der Waals surface area contributed by atoms with E-state index in [0.717, 1.165) is 13.0 Å². The molecule has 0 saturated heterocycles. The molecule has 0 aliphatic carbocycles. The molecular weight excluding hydrogens is 412 g/mol. The Morgan fingerprint density at radius 1 is 1.25 bits per heavy atom. The van der Waals surface area contributed by atoms with Gasteiger partial charge < -0.3 is 5.32 Å². The molecule has 0 unspecified atom stereocenters. The van der Waals surface area contributed by atoms with E-state index in [-0.39, 0.29) is 17.3 Å². The van der Waals surface area contributed by atoms with Crippen LogP contribution in [0.25, 0.3) is 6.08 Å². The molecule has 0 radical (unpaired) electrons. The summed E-state index contributed by atoms with van der Waals surface area (Å²) in [5, 5.41) is 2.71. The van der Waals surface area contributed by atoms with E-state index in [0.29, 0.717) is 5.56 Å². The maximum absolute atomic E-state index is 12.3. The molecule has 0 spiro atoms. The number of thiophene rings is 1. The molecule has 24 heavy (non-hydrogen) atoms. The van der Waals surface area contributed by atoms with Crippen LogP contribution in [0, 0.1) is 0 Å². The van der Waals surface area contributed by atoms with Crippen molar-refractivity contribution in [2.75, 3.05) is 14.1 Å². The highest BCUT2D eigenvalue weighted by atomic mass is 79.9.